The molecular formula is C9H21BClO3P. The summed E-state index contributed by atoms with van der Waals surface area (Å²) in [5.41, 5.74) is 0. The van der Waals surface area contributed by atoms with Crippen LogP contribution in [0.2, 0.25) is 0 Å². The first-order valence-corrected chi connectivity index (χ1v) is 7.24. The molecule has 0 fully saturated rings. The van der Waals surface area contributed by atoms with E-state index in [1.165, 1.54) is 6.41 Å². The molecule has 0 heterocycles. The van der Waals surface area contributed by atoms with E-state index in [1.54, 1.807) is 0 Å². The lowest BCUT2D eigenvalue weighted by molar-refractivity contribution is 0.0865. The van der Waals surface area contributed by atoms with Gasteiger partial charge in [-0.1, -0.05) is 0 Å². The molecular weight excluding hydrogens is 233 g/mol. The lowest BCUT2D eigenvalue weighted by Gasteiger charge is -2.34. The van der Waals surface area contributed by atoms with E-state index in [0.29, 0.717) is 0 Å². The molecule has 0 aromatic rings. The summed E-state index contributed by atoms with van der Waals surface area (Å²) in [5.74, 6) is 0. The molecule has 0 aromatic carbocycles. The molecule has 0 amide bonds. The van der Waals surface area contributed by atoms with E-state index in [2.05, 4.69) is 0 Å². The van der Waals surface area contributed by atoms with Gasteiger partial charge in [-0.05, 0) is 41.5 Å². The van der Waals surface area contributed by atoms with Crippen LogP contribution in [0.25, 0.3) is 0 Å². The zero-order valence-corrected chi connectivity index (χ0v) is 12.0. The van der Waals surface area contributed by atoms with E-state index in [9.17, 15) is 0 Å². The van der Waals surface area contributed by atoms with Gasteiger partial charge in [-0.2, -0.15) is 0 Å². The lowest BCUT2D eigenvalue weighted by atomic mass is 10.5. The smallest absolute Gasteiger partial charge is 0.189 e. The van der Waals surface area contributed by atoms with Crippen LogP contribution in [0.15, 0.2) is 0 Å². The van der Waals surface area contributed by atoms with E-state index in [0.717, 1.165) is 0 Å². The molecule has 90 valence electrons. The van der Waals surface area contributed by atoms with Crippen LogP contribution in [0.5, 0.6) is 0 Å². The Morgan fingerprint density at radius 1 is 0.800 bits per heavy atom. The monoisotopic (exact) mass is 254 g/mol. The second-order valence-electron chi connectivity index (χ2n) is 4.10. The minimum atomic E-state index is -2.51. The van der Waals surface area contributed by atoms with Crippen LogP contribution in [0.4, 0.5) is 0 Å². The van der Waals surface area contributed by atoms with Crippen molar-refractivity contribution in [2.75, 3.05) is 0 Å². The van der Waals surface area contributed by atoms with E-state index in [1.807, 2.05) is 41.5 Å². The van der Waals surface area contributed by atoms with E-state index in [-0.39, 0.29) is 18.3 Å². The second-order valence-corrected chi connectivity index (χ2v) is 6.59. The van der Waals surface area contributed by atoms with Crippen LogP contribution < -0.4 is 0 Å². The molecule has 0 unspecified atom stereocenters. The molecule has 3 nitrogen and oxygen atoms in total. The van der Waals surface area contributed by atoms with Crippen molar-refractivity contribution >= 4 is 25.7 Å². The van der Waals surface area contributed by atoms with E-state index in [4.69, 9.17) is 25.0 Å². The maximum absolute atomic E-state index is 5.81. The summed E-state index contributed by atoms with van der Waals surface area (Å²) in [6, 6.07) is 0. The highest BCUT2D eigenvalue weighted by molar-refractivity contribution is 7.95. The average molecular weight is 255 g/mol. The molecule has 0 atom stereocenters. The van der Waals surface area contributed by atoms with Gasteiger partial charge in [0.25, 0.3) is 0 Å². The molecule has 15 heavy (non-hydrogen) atoms. The van der Waals surface area contributed by atoms with Crippen molar-refractivity contribution in [1.29, 1.82) is 0 Å². The zero-order valence-electron chi connectivity index (χ0n) is 10.4. The predicted molar refractivity (Wildman–Crippen MR) is 67.2 cm³/mol. The highest BCUT2D eigenvalue weighted by atomic mass is 35.5. The molecule has 0 spiro atoms. The molecule has 6 heteroatoms. The van der Waals surface area contributed by atoms with Gasteiger partial charge >= 0.3 is 0 Å². The van der Waals surface area contributed by atoms with Crippen molar-refractivity contribution in [3.63, 3.8) is 0 Å². The summed E-state index contributed by atoms with van der Waals surface area (Å²) < 4.78 is 17.1. The largest absolute Gasteiger partial charge is 0.402 e. The summed E-state index contributed by atoms with van der Waals surface area (Å²) in [6.07, 6.45) is 1.45. The fourth-order valence-electron chi connectivity index (χ4n) is 1.03. The van der Waals surface area contributed by atoms with Crippen molar-refractivity contribution in [3.8, 4) is 0 Å². The van der Waals surface area contributed by atoms with Crippen LogP contribution in [0.3, 0.4) is 0 Å². The minimum Gasteiger partial charge on any atom is -0.402 e. The number of rotatable bonds is 7. The van der Waals surface area contributed by atoms with Crippen molar-refractivity contribution in [2.45, 2.75) is 59.9 Å². The summed E-state index contributed by atoms with van der Waals surface area (Å²) in [7, 11) is -2.51. The summed E-state index contributed by atoms with van der Waals surface area (Å²) >= 11 is 5.81. The Morgan fingerprint density at radius 3 is 1.20 bits per heavy atom. The van der Waals surface area contributed by atoms with Gasteiger partial charge in [-0.25, -0.2) is 13.6 Å². The molecule has 0 saturated heterocycles. The first kappa shape index (κ1) is 15.7. The van der Waals surface area contributed by atoms with Crippen molar-refractivity contribution < 1.29 is 13.6 Å². The third kappa shape index (κ3) is 6.75. The van der Waals surface area contributed by atoms with E-state index >= 15 is 0 Å². The summed E-state index contributed by atoms with van der Waals surface area (Å²) in [6.45, 7) is 11.6. The Kier molecular flexibility index (Phi) is 7.40. The van der Waals surface area contributed by atoms with Crippen molar-refractivity contribution in [3.05, 3.63) is 0 Å². The predicted octanol–water partition coefficient (Wildman–Crippen LogP) is 3.80. The third-order valence-electron chi connectivity index (χ3n) is 1.19. The van der Waals surface area contributed by atoms with Gasteiger partial charge in [0, 0.05) is 0 Å². The average Bonchev–Trinajstić information content (AvgIpc) is 1.99. The van der Waals surface area contributed by atoms with Gasteiger partial charge in [-0.15, -0.1) is 0 Å². The molecule has 0 aliphatic heterocycles. The van der Waals surface area contributed by atoms with Gasteiger partial charge in [0.05, 0.1) is 18.3 Å². The molecule has 0 bridgehead atoms. The summed E-state index contributed by atoms with van der Waals surface area (Å²) in [4.78, 5) is 0. The topological polar surface area (TPSA) is 27.7 Å². The first-order chi connectivity index (χ1) is 6.81. The Hall–Kier alpha value is 0.665. The Labute approximate surface area is 99.5 Å². The minimum absolute atomic E-state index is 0.0193. The van der Waals surface area contributed by atoms with Crippen LogP contribution in [0.1, 0.15) is 41.5 Å². The van der Waals surface area contributed by atoms with Gasteiger partial charge in [0.1, 0.15) is 0 Å². The Balaban J connectivity index is 4.59. The highest BCUT2D eigenvalue weighted by Crippen LogP contribution is 2.63. The van der Waals surface area contributed by atoms with Gasteiger partial charge in [-0.3, -0.25) is 0 Å². The van der Waals surface area contributed by atoms with Crippen LogP contribution in [0, 0.1) is 0 Å². The SMILES string of the molecule is CC(C)O[P+]([B-]Cl)(OC(C)C)OC(C)C. The van der Waals surface area contributed by atoms with Gasteiger partial charge in [0.2, 0.25) is 0 Å². The third-order valence-corrected chi connectivity index (χ3v) is 4.30. The van der Waals surface area contributed by atoms with Gasteiger partial charge in [0.15, 0.2) is 14.2 Å². The normalized spacial score (nSPS) is 13.2. The van der Waals surface area contributed by atoms with Crippen molar-refractivity contribution in [2.24, 2.45) is 0 Å². The molecule has 0 rings (SSSR count). The fourth-order valence-corrected chi connectivity index (χ4v) is 3.49. The highest BCUT2D eigenvalue weighted by Gasteiger charge is 2.35. The molecule has 0 aliphatic rings. The van der Waals surface area contributed by atoms with Gasteiger partial charge < -0.3 is 11.5 Å². The number of halogens is 1. The fraction of sp³-hybridized carbons (Fsp3) is 1.00. The van der Waals surface area contributed by atoms with Crippen LogP contribution in [-0.4, -0.2) is 24.7 Å². The maximum Gasteiger partial charge on any atom is 0.189 e. The number of hydrogen-bond donors (Lipinski definition) is 0. The van der Waals surface area contributed by atoms with Crippen molar-refractivity contribution in [1.82, 2.24) is 0 Å². The first-order valence-electron chi connectivity index (χ1n) is 5.20. The molecule has 0 aliphatic carbocycles. The molecule has 0 aromatic heterocycles. The Bertz CT molecular complexity index is 152. The second kappa shape index (κ2) is 7.08. The molecule has 0 saturated carbocycles. The standard InChI is InChI=1S/C9H21BClO3P/c1-7(2)12-15(10-11,13-8(3)4)14-9(5)6/h7-9H,1-6H3. The Morgan fingerprint density at radius 2 is 1.07 bits per heavy atom. The molecule has 2 radical (unpaired) electrons. The zero-order chi connectivity index (χ0) is 12.1. The van der Waals surface area contributed by atoms with Crippen LogP contribution in [-0.2, 0) is 13.6 Å². The molecule has 0 N–H and O–H groups in total. The lowest BCUT2D eigenvalue weighted by Crippen LogP contribution is -2.20. The maximum atomic E-state index is 5.81. The summed E-state index contributed by atoms with van der Waals surface area (Å²) in [5, 5.41) is 0. The van der Waals surface area contributed by atoms with E-state index < -0.39 is 7.82 Å². The quantitative estimate of drug-likeness (QED) is 0.511. The van der Waals surface area contributed by atoms with Crippen LogP contribution >= 0.6 is 19.3 Å². The number of hydrogen-bond acceptors (Lipinski definition) is 3.